The van der Waals surface area contributed by atoms with Crippen LogP contribution in [0.5, 0.6) is 0 Å². The van der Waals surface area contributed by atoms with E-state index in [2.05, 4.69) is 22.0 Å². The second-order valence-electron chi connectivity index (χ2n) is 8.10. The van der Waals surface area contributed by atoms with E-state index in [4.69, 9.17) is 9.47 Å². The number of likely N-dealkylation sites (tertiary alicyclic amines) is 1. The number of nitrogens with zero attached hydrogens (tertiary/aromatic N) is 5. The largest absolute Gasteiger partial charge is 0.383 e. The smallest absolute Gasteiger partial charge is 0.259 e. The number of carbonyl (C=O) groups excluding carboxylic acids is 1. The van der Waals surface area contributed by atoms with Crippen LogP contribution in [-0.4, -0.2) is 89.5 Å². The molecule has 8 heteroatoms. The summed E-state index contributed by atoms with van der Waals surface area (Å²) in [6.07, 6.45) is 8.10. The lowest BCUT2D eigenvalue weighted by atomic mass is 9.86. The molecule has 2 fully saturated rings. The molecule has 2 saturated heterocycles. The molecule has 0 aliphatic carbocycles. The fraction of sp³-hybridized carbons (Fsp3) is 0.650. The Kier molecular flexibility index (Phi) is 5.61. The molecule has 1 spiro atoms. The monoisotopic (exact) mass is 387 g/mol. The number of aromatic nitrogens is 3. The zero-order valence-corrected chi connectivity index (χ0v) is 16.7. The van der Waals surface area contributed by atoms with Crippen LogP contribution >= 0.6 is 0 Å². The Bertz CT molecular complexity index is 825. The minimum atomic E-state index is -0.211. The molecule has 2 aliphatic heterocycles. The highest BCUT2D eigenvalue weighted by molar-refractivity contribution is 5.99. The highest BCUT2D eigenvalue weighted by Gasteiger charge is 2.44. The van der Waals surface area contributed by atoms with Gasteiger partial charge in [0.2, 0.25) is 0 Å². The molecule has 4 rings (SSSR count). The van der Waals surface area contributed by atoms with Crippen molar-refractivity contribution in [3.63, 3.8) is 0 Å². The molecule has 8 nitrogen and oxygen atoms in total. The molecule has 2 aromatic heterocycles. The number of ether oxygens (including phenoxy) is 2. The van der Waals surface area contributed by atoms with Crippen molar-refractivity contribution < 1.29 is 14.3 Å². The SMILES string of the molecule is COCCN(C)C[C@@H]1CO[C@]2(CCCN(C(=O)c3cnn4cccnc34)C2)C1. The molecule has 0 bridgehead atoms. The molecule has 0 N–H and O–H groups in total. The standard InChI is InChI=1S/C20H29N5O3/c1-23(9-10-27-2)13-16-11-20(28-14-16)5-3-7-24(15-20)19(26)17-12-22-25-8-4-6-21-18(17)25/h4,6,8,12,16H,3,5,7,9-11,13-15H2,1-2H3/t16-,20-/m1/s1. The van der Waals surface area contributed by atoms with E-state index in [0.717, 1.165) is 52.1 Å². The van der Waals surface area contributed by atoms with Gasteiger partial charge in [0.05, 0.1) is 25.0 Å². The topological polar surface area (TPSA) is 72.2 Å². The minimum Gasteiger partial charge on any atom is -0.383 e. The van der Waals surface area contributed by atoms with Gasteiger partial charge in [-0.15, -0.1) is 0 Å². The van der Waals surface area contributed by atoms with Crippen molar-refractivity contribution in [1.29, 1.82) is 0 Å². The minimum absolute atomic E-state index is 0.00274. The van der Waals surface area contributed by atoms with E-state index in [-0.39, 0.29) is 11.5 Å². The summed E-state index contributed by atoms with van der Waals surface area (Å²) in [5.41, 5.74) is 0.959. The average molecular weight is 387 g/mol. The Morgan fingerprint density at radius 3 is 3.25 bits per heavy atom. The van der Waals surface area contributed by atoms with Crippen LogP contribution < -0.4 is 0 Å². The number of methoxy groups -OCH3 is 1. The van der Waals surface area contributed by atoms with Crippen LogP contribution in [0.3, 0.4) is 0 Å². The van der Waals surface area contributed by atoms with Crippen LogP contribution in [0.2, 0.25) is 0 Å². The zero-order valence-electron chi connectivity index (χ0n) is 16.7. The molecule has 0 aromatic carbocycles. The number of piperidine rings is 1. The van der Waals surface area contributed by atoms with Gasteiger partial charge in [0, 0.05) is 45.7 Å². The van der Waals surface area contributed by atoms with Gasteiger partial charge < -0.3 is 19.3 Å². The van der Waals surface area contributed by atoms with Crippen LogP contribution in [-0.2, 0) is 9.47 Å². The van der Waals surface area contributed by atoms with Crippen LogP contribution in [0.4, 0.5) is 0 Å². The second-order valence-corrected chi connectivity index (χ2v) is 8.10. The van der Waals surface area contributed by atoms with Crippen LogP contribution in [0.25, 0.3) is 5.65 Å². The number of rotatable bonds is 6. The molecular formula is C20H29N5O3. The number of hydrogen-bond acceptors (Lipinski definition) is 6. The van der Waals surface area contributed by atoms with Gasteiger partial charge in [-0.05, 0) is 38.3 Å². The maximum Gasteiger partial charge on any atom is 0.259 e. The fourth-order valence-corrected chi connectivity index (χ4v) is 4.54. The number of amides is 1. The van der Waals surface area contributed by atoms with Crippen molar-refractivity contribution in [2.45, 2.75) is 24.9 Å². The third-order valence-electron chi connectivity index (χ3n) is 5.87. The van der Waals surface area contributed by atoms with Crippen molar-refractivity contribution >= 4 is 11.6 Å². The molecular weight excluding hydrogens is 358 g/mol. The first kappa shape index (κ1) is 19.3. The molecule has 0 saturated carbocycles. The highest BCUT2D eigenvalue weighted by atomic mass is 16.5. The van der Waals surface area contributed by atoms with Gasteiger partial charge in [0.25, 0.3) is 5.91 Å². The van der Waals surface area contributed by atoms with Gasteiger partial charge >= 0.3 is 0 Å². The van der Waals surface area contributed by atoms with Crippen LogP contribution in [0.1, 0.15) is 29.6 Å². The van der Waals surface area contributed by atoms with Crippen molar-refractivity contribution in [1.82, 2.24) is 24.4 Å². The molecule has 152 valence electrons. The van der Waals surface area contributed by atoms with E-state index in [1.807, 2.05) is 11.1 Å². The summed E-state index contributed by atoms with van der Waals surface area (Å²) >= 11 is 0. The average Bonchev–Trinajstić information content (AvgIpc) is 3.30. The molecule has 1 amide bonds. The van der Waals surface area contributed by atoms with Crippen LogP contribution in [0, 0.1) is 5.92 Å². The molecule has 4 heterocycles. The van der Waals surface area contributed by atoms with E-state index >= 15 is 0 Å². The highest BCUT2D eigenvalue weighted by Crippen LogP contribution is 2.38. The van der Waals surface area contributed by atoms with Crippen molar-refractivity contribution in [2.24, 2.45) is 5.92 Å². The van der Waals surface area contributed by atoms with Gasteiger partial charge in [-0.1, -0.05) is 0 Å². The van der Waals surface area contributed by atoms with Gasteiger partial charge in [0.1, 0.15) is 5.56 Å². The number of likely N-dealkylation sites (N-methyl/N-ethyl adjacent to an activating group) is 1. The number of carbonyl (C=O) groups is 1. The van der Waals surface area contributed by atoms with Gasteiger partial charge in [-0.25, -0.2) is 9.50 Å². The Balaban J connectivity index is 1.41. The summed E-state index contributed by atoms with van der Waals surface area (Å²) in [5.74, 6) is 0.493. The fourth-order valence-electron chi connectivity index (χ4n) is 4.54. The molecule has 0 unspecified atom stereocenters. The Morgan fingerprint density at radius 1 is 1.50 bits per heavy atom. The molecule has 0 radical (unpaired) electrons. The van der Waals surface area contributed by atoms with Crippen molar-refractivity contribution in [3.8, 4) is 0 Å². The quantitative estimate of drug-likeness (QED) is 0.744. The number of fused-ring (bicyclic) bond motifs is 1. The third kappa shape index (κ3) is 3.90. The van der Waals surface area contributed by atoms with Gasteiger partial charge in [0.15, 0.2) is 5.65 Å². The predicted octanol–water partition coefficient (Wildman–Crippen LogP) is 1.32. The van der Waals surface area contributed by atoms with E-state index in [1.54, 1.807) is 30.1 Å². The van der Waals surface area contributed by atoms with E-state index in [1.165, 1.54) is 0 Å². The third-order valence-corrected chi connectivity index (χ3v) is 5.87. The molecule has 28 heavy (non-hydrogen) atoms. The normalized spacial score (nSPS) is 25.2. The summed E-state index contributed by atoms with van der Waals surface area (Å²) in [4.78, 5) is 21.7. The lowest BCUT2D eigenvalue weighted by molar-refractivity contribution is -0.0450. The van der Waals surface area contributed by atoms with Crippen LogP contribution in [0.15, 0.2) is 24.7 Å². The first-order chi connectivity index (χ1) is 13.6. The molecule has 2 aliphatic rings. The second kappa shape index (κ2) is 8.14. The summed E-state index contributed by atoms with van der Waals surface area (Å²) in [6.45, 7) is 4.83. The lowest BCUT2D eigenvalue weighted by Crippen LogP contribution is -2.50. The summed E-state index contributed by atoms with van der Waals surface area (Å²) in [6, 6.07) is 1.81. The Labute approximate surface area is 165 Å². The summed E-state index contributed by atoms with van der Waals surface area (Å²) < 4.78 is 13.1. The van der Waals surface area contributed by atoms with Gasteiger partial charge in [-0.3, -0.25) is 4.79 Å². The van der Waals surface area contributed by atoms with Crippen molar-refractivity contribution in [2.75, 3.05) is 53.6 Å². The Morgan fingerprint density at radius 2 is 2.39 bits per heavy atom. The predicted molar refractivity (Wildman–Crippen MR) is 104 cm³/mol. The number of hydrogen-bond donors (Lipinski definition) is 0. The van der Waals surface area contributed by atoms with E-state index in [9.17, 15) is 4.79 Å². The first-order valence-corrected chi connectivity index (χ1v) is 9.99. The molecule has 2 atom stereocenters. The maximum atomic E-state index is 13.1. The summed E-state index contributed by atoms with van der Waals surface area (Å²) in [7, 11) is 3.85. The zero-order chi connectivity index (χ0) is 19.6. The summed E-state index contributed by atoms with van der Waals surface area (Å²) in [5, 5.41) is 4.25. The Hall–Kier alpha value is -2.03. The first-order valence-electron chi connectivity index (χ1n) is 9.99. The molecule has 2 aromatic rings. The maximum absolute atomic E-state index is 13.1. The van der Waals surface area contributed by atoms with E-state index in [0.29, 0.717) is 23.7 Å². The van der Waals surface area contributed by atoms with E-state index < -0.39 is 0 Å². The van der Waals surface area contributed by atoms with Crippen molar-refractivity contribution in [3.05, 3.63) is 30.2 Å². The lowest BCUT2D eigenvalue weighted by Gasteiger charge is -2.39. The van der Waals surface area contributed by atoms with Gasteiger partial charge in [-0.2, -0.15) is 5.10 Å².